The summed E-state index contributed by atoms with van der Waals surface area (Å²) in [4.78, 5) is 0. The van der Waals surface area contributed by atoms with E-state index < -0.39 is 11.6 Å². The van der Waals surface area contributed by atoms with Crippen LogP contribution in [-0.2, 0) is 6.61 Å². The second-order valence-electron chi connectivity index (χ2n) is 2.34. The first kappa shape index (κ1) is 8.14. The van der Waals surface area contributed by atoms with Crippen LogP contribution in [0.4, 0.5) is 8.78 Å². The van der Waals surface area contributed by atoms with Crippen LogP contribution in [0.5, 0.6) is 0 Å². The predicted octanol–water partition coefficient (Wildman–Crippen LogP) is 1.77. The van der Waals surface area contributed by atoms with Crippen LogP contribution in [-0.4, -0.2) is 5.11 Å². The largest absolute Gasteiger partial charge is 0.392 e. The molecule has 0 aromatic heterocycles. The summed E-state index contributed by atoms with van der Waals surface area (Å²) in [6, 6.07) is 2.25. The molecule has 1 N–H and O–H groups in total. The molecule has 1 rings (SSSR count). The fourth-order valence-electron chi connectivity index (χ4n) is 0.789. The Balaban J connectivity index is 3.21. The molecule has 0 fully saturated rings. The monoisotopic (exact) mass is 158 g/mol. The van der Waals surface area contributed by atoms with Gasteiger partial charge in [0.2, 0.25) is 0 Å². The van der Waals surface area contributed by atoms with Crippen LogP contribution >= 0.6 is 0 Å². The lowest BCUT2D eigenvalue weighted by molar-refractivity contribution is 0.280. The van der Waals surface area contributed by atoms with Gasteiger partial charge in [0.25, 0.3) is 0 Å². The molecule has 0 aliphatic rings. The zero-order valence-electron chi connectivity index (χ0n) is 6.06. The lowest BCUT2D eigenvalue weighted by Gasteiger charge is -2.00. The van der Waals surface area contributed by atoms with Gasteiger partial charge in [-0.25, -0.2) is 8.78 Å². The van der Waals surface area contributed by atoms with Crippen LogP contribution in [0, 0.1) is 18.6 Å². The summed E-state index contributed by atoms with van der Waals surface area (Å²) in [7, 11) is 0. The maximum Gasteiger partial charge on any atom is 0.129 e. The highest BCUT2D eigenvalue weighted by Crippen LogP contribution is 2.13. The van der Waals surface area contributed by atoms with E-state index in [1.165, 1.54) is 6.92 Å². The van der Waals surface area contributed by atoms with Crippen molar-refractivity contribution < 1.29 is 13.9 Å². The molecule has 0 amide bonds. The summed E-state index contributed by atoms with van der Waals surface area (Å²) in [5.41, 5.74) is 0.243. The van der Waals surface area contributed by atoms with Gasteiger partial charge in [-0.2, -0.15) is 0 Å². The van der Waals surface area contributed by atoms with E-state index in [9.17, 15) is 8.78 Å². The molecule has 0 saturated heterocycles. The minimum Gasteiger partial charge on any atom is -0.392 e. The Kier molecular flexibility index (Phi) is 2.19. The van der Waals surface area contributed by atoms with Crippen LogP contribution in [0.25, 0.3) is 0 Å². The van der Waals surface area contributed by atoms with Crippen LogP contribution in [0.15, 0.2) is 12.1 Å². The third-order valence-electron chi connectivity index (χ3n) is 1.52. The second kappa shape index (κ2) is 2.96. The summed E-state index contributed by atoms with van der Waals surface area (Å²) < 4.78 is 25.4. The Morgan fingerprint density at radius 1 is 1.27 bits per heavy atom. The zero-order chi connectivity index (χ0) is 8.43. The summed E-state index contributed by atoms with van der Waals surface area (Å²) >= 11 is 0. The van der Waals surface area contributed by atoms with E-state index in [1.54, 1.807) is 0 Å². The fraction of sp³-hybridized carbons (Fsp3) is 0.250. The molecular weight excluding hydrogens is 150 g/mol. The van der Waals surface area contributed by atoms with Crippen molar-refractivity contribution in [3.63, 3.8) is 0 Å². The maximum atomic E-state index is 12.7. The normalized spacial score (nSPS) is 10.2. The number of benzene rings is 1. The Hall–Kier alpha value is -0.960. The Morgan fingerprint density at radius 3 is 2.09 bits per heavy atom. The number of hydrogen-bond donors (Lipinski definition) is 1. The molecule has 0 unspecified atom stereocenters. The van der Waals surface area contributed by atoms with Gasteiger partial charge >= 0.3 is 0 Å². The van der Waals surface area contributed by atoms with Crippen molar-refractivity contribution in [1.29, 1.82) is 0 Å². The zero-order valence-corrected chi connectivity index (χ0v) is 6.06. The molecule has 0 spiro atoms. The number of aliphatic hydroxyl groups is 1. The van der Waals surface area contributed by atoms with E-state index >= 15 is 0 Å². The predicted molar refractivity (Wildman–Crippen MR) is 37.0 cm³/mol. The smallest absolute Gasteiger partial charge is 0.129 e. The molecule has 3 heteroatoms. The number of hydrogen-bond acceptors (Lipinski definition) is 1. The van der Waals surface area contributed by atoms with Crippen molar-refractivity contribution in [2.24, 2.45) is 0 Å². The summed E-state index contributed by atoms with van der Waals surface area (Å²) in [6.45, 7) is 1.01. The molecule has 60 valence electrons. The van der Waals surface area contributed by atoms with Crippen LogP contribution < -0.4 is 0 Å². The number of rotatable bonds is 1. The highest BCUT2D eigenvalue weighted by molar-refractivity contribution is 5.24. The average molecular weight is 158 g/mol. The molecule has 0 atom stereocenters. The molecule has 0 aliphatic carbocycles. The standard InChI is InChI=1S/C8H8F2O/c1-5-7(9)2-6(4-11)3-8(5)10/h2-3,11H,4H2,1H3. The molecule has 0 bridgehead atoms. The average Bonchev–Trinajstić information content (AvgIpc) is 1.99. The first-order chi connectivity index (χ1) is 5.15. The van der Waals surface area contributed by atoms with Gasteiger partial charge in [-0.05, 0) is 24.6 Å². The van der Waals surface area contributed by atoms with Crippen LogP contribution in [0.3, 0.4) is 0 Å². The molecular formula is C8H8F2O. The molecule has 11 heavy (non-hydrogen) atoms. The minimum absolute atomic E-state index is 0.0119. The van der Waals surface area contributed by atoms with E-state index in [-0.39, 0.29) is 17.7 Å². The number of aliphatic hydroxyl groups excluding tert-OH is 1. The van der Waals surface area contributed by atoms with Crippen molar-refractivity contribution in [2.75, 3.05) is 0 Å². The van der Waals surface area contributed by atoms with Crippen molar-refractivity contribution in [1.82, 2.24) is 0 Å². The fourth-order valence-corrected chi connectivity index (χ4v) is 0.789. The Labute approximate surface area is 63.3 Å². The van der Waals surface area contributed by atoms with E-state index in [1.807, 2.05) is 0 Å². The van der Waals surface area contributed by atoms with Crippen molar-refractivity contribution in [3.05, 3.63) is 34.9 Å². The summed E-state index contributed by atoms with van der Waals surface area (Å²) in [5.74, 6) is -1.23. The van der Waals surface area contributed by atoms with Crippen LogP contribution in [0.1, 0.15) is 11.1 Å². The van der Waals surface area contributed by atoms with Gasteiger partial charge in [-0.15, -0.1) is 0 Å². The first-order valence-corrected chi connectivity index (χ1v) is 3.20. The van der Waals surface area contributed by atoms with E-state index in [0.29, 0.717) is 0 Å². The molecule has 0 saturated carbocycles. The van der Waals surface area contributed by atoms with Gasteiger partial charge in [0.05, 0.1) is 6.61 Å². The molecule has 0 heterocycles. The first-order valence-electron chi connectivity index (χ1n) is 3.20. The molecule has 1 aromatic carbocycles. The van der Waals surface area contributed by atoms with Gasteiger partial charge in [0, 0.05) is 5.56 Å². The van der Waals surface area contributed by atoms with Gasteiger partial charge in [0.1, 0.15) is 11.6 Å². The van der Waals surface area contributed by atoms with Crippen molar-refractivity contribution in [2.45, 2.75) is 13.5 Å². The highest BCUT2D eigenvalue weighted by Gasteiger charge is 2.05. The summed E-state index contributed by atoms with van der Waals surface area (Å²) in [6.07, 6.45) is 0. The Bertz CT molecular complexity index is 248. The van der Waals surface area contributed by atoms with Crippen molar-refractivity contribution >= 4 is 0 Å². The topological polar surface area (TPSA) is 20.2 Å². The van der Waals surface area contributed by atoms with Gasteiger partial charge in [-0.1, -0.05) is 0 Å². The Morgan fingerprint density at radius 2 is 1.73 bits per heavy atom. The van der Waals surface area contributed by atoms with E-state index in [2.05, 4.69) is 0 Å². The lowest BCUT2D eigenvalue weighted by atomic mass is 10.1. The van der Waals surface area contributed by atoms with Gasteiger partial charge in [-0.3, -0.25) is 0 Å². The lowest BCUT2D eigenvalue weighted by Crippen LogP contribution is -1.92. The van der Waals surface area contributed by atoms with E-state index in [4.69, 9.17) is 5.11 Å². The quantitative estimate of drug-likeness (QED) is 0.660. The van der Waals surface area contributed by atoms with Crippen molar-refractivity contribution in [3.8, 4) is 0 Å². The SMILES string of the molecule is Cc1c(F)cc(CO)cc1F. The second-order valence-corrected chi connectivity index (χ2v) is 2.34. The maximum absolute atomic E-state index is 12.7. The third-order valence-corrected chi connectivity index (χ3v) is 1.52. The highest BCUT2D eigenvalue weighted by atomic mass is 19.1. The molecule has 1 aromatic rings. The van der Waals surface area contributed by atoms with Gasteiger partial charge in [0.15, 0.2) is 0 Å². The summed E-state index contributed by atoms with van der Waals surface area (Å²) in [5, 5.41) is 8.54. The molecule has 0 radical (unpaired) electrons. The molecule has 1 nitrogen and oxygen atoms in total. The van der Waals surface area contributed by atoms with Crippen LogP contribution in [0.2, 0.25) is 0 Å². The third kappa shape index (κ3) is 1.54. The number of halogens is 2. The van der Waals surface area contributed by atoms with Gasteiger partial charge < -0.3 is 5.11 Å². The minimum atomic E-state index is -0.617. The van der Waals surface area contributed by atoms with E-state index in [0.717, 1.165) is 12.1 Å². The molecule has 0 aliphatic heterocycles.